The Bertz CT molecular complexity index is 6880. The fourth-order valence-corrected chi connectivity index (χ4v) is 22.4. The van der Waals surface area contributed by atoms with E-state index in [1.165, 1.54) is 106 Å². The summed E-state index contributed by atoms with van der Waals surface area (Å²) in [4.78, 5) is 0. The zero-order chi connectivity index (χ0) is 61.2. The molecule has 0 radical (unpaired) electrons. The van der Waals surface area contributed by atoms with Crippen LogP contribution in [0, 0.1) is 11.3 Å². The third-order valence-corrected chi connectivity index (χ3v) is 26.1. The molecule has 0 bridgehead atoms. The molecule has 22 rings (SSSR count). The summed E-state index contributed by atoms with van der Waals surface area (Å²) in [5.41, 5.74) is 13.8. The van der Waals surface area contributed by atoms with E-state index >= 15 is 0 Å². The number of aromatic nitrogens is 3. The van der Waals surface area contributed by atoms with Gasteiger partial charge in [-0.05, 0) is 48.5 Å². The molecule has 4 nitrogen and oxygen atoms in total. The Morgan fingerprint density at radius 3 is 0.809 bits per heavy atom. The van der Waals surface area contributed by atoms with Gasteiger partial charge in [-0.15, -0.1) is 56.7 Å². The molecule has 9 heteroatoms. The summed E-state index contributed by atoms with van der Waals surface area (Å²) in [5.74, 6) is 0. The number of nitrogens with zero attached hydrogens (tertiary/aromatic N) is 4. The normalized spacial score (nSPS) is 12.5. The molecule has 0 spiro atoms. The smallest absolute Gasteiger partial charge is 0.104 e. The fourth-order valence-electron chi connectivity index (χ4n) is 16.3. The maximum Gasteiger partial charge on any atom is 0.104 e. The average molecular weight is 1280 g/mol. The van der Waals surface area contributed by atoms with Crippen LogP contribution in [0.1, 0.15) is 5.56 Å². The number of fused-ring (bicyclic) bond motifs is 27. The largest absolute Gasteiger partial charge is 0.306 e. The van der Waals surface area contributed by atoms with E-state index in [0.29, 0.717) is 5.56 Å². The molecule has 14 aromatic carbocycles. The Morgan fingerprint density at radius 1 is 0.223 bits per heavy atom. The molecule has 8 aromatic heterocycles. The van der Waals surface area contributed by atoms with Gasteiger partial charge in [0.25, 0.3) is 0 Å². The van der Waals surface area contributed by atoms with E-state index in [1.54, 1.807) is 0 Å². The maximum absolute atomic E-state index is 13.7. The number of benzene rings is 14. The zero-order valence-electron chi connectivity index (χ0n) is 49.7. The van der Waals surface area contributed by atoms with E-state index < -0.39 is 0 Å². The van der Waals surface area contributed by atoms with Crippen molar-refractivity contribution < 1.29 is 0 Å². The second-order valence-electron chi connectivity index (χ2n) is 24.7. The predicted molar refractivity (Wildman–Crippen MR) is 409 cm³/mol. The molecular formula is C85H44N4S5. The van der Waals surface area contributed by atoms with E-state index in [1.807, 2.05) is 56.7 Å². The Morgan fingerprint density at radius 2 is 0.479 bits per heavy atom. The highest BCUT2D eigenvalue weighted by Crippen LogP contribution is 2.58. The number of hydrogen-bond acceptors (Lipinski definition) is 6. The van der Waals surface area contributed by atoms with Crippen LogP contribution in [0.25, 0.3) is 206 Å². The molecule has 0 saturated carbocycles. The first-order valence-electron chi connectivity index (χ1n) is 31.6. The van der Waals surface area contributed by atoms with Crippen LogP contribution >= 0.6 is 56.7 Å². The SMILES string of the molecule is N#Cc1c(-n2c3ccccc3c3ccc4c5ccccc5sc4c32)c(-c2cccc3c2sc2ccccc23)c(-n2c3ccccc3c3ccc4c5ccccc5sc4c32)c(-c2cccc3c2sc2ccccc23)c1-n1c2ccccc2c2ccc3c4ccccc4sc3c21. The highest BCUT2D eigenvalue weighted by atomic mass is 32.1. The van der Waals surface area contributed by atoms with Crippen molar-refractivity contribution in [2.45, 2.75) is 0 Å². The van der Waals surface area contributed by atoms with Crippen LogP contribution in [-0.4, -0.2) is 13.7 Å². The second-order valence-corrected chi connectivity index (χ2v) is 30.0. The van der Waals surface area contributed by atoms with Gasteiger partial charge in [0.05, 0.1) is 64.3 Å². The van der Waals surface area contributed by atoms with E-state index in [4.69, 9.17) is 0 Å². The van der Waals surface area contributed by atoms with Crippen molar-refractivity contribution in [3.05, 3.63) is 272 Å². The highest BCUT2D eigenvalue weighted by Gasteiger charge is 2.37. The van der Waals surface area contributed by atoms with Gasteiger partial charge >= 0.3 is 0 Å². The van der Waals surface area contributed by atoms with Crippen molar-refractivity contribution in [1.29, 1.82) is 5.26 Å². The van der Waals surface area contributed by atoms with E-state index in [2.05, 4.69) is 287 Å². The van der Waals surface area contributed by atoms with Gasteiger partial charge in [-0.2, -0.15) is 5.26 Å². The summed E-state index contributed by atoms with van der Waals surface area (Å²) in [5, 5.41) is 32.6. The lowest BCUT2D eigenvalue weighted by atomic mass is 9.87. The molecule has 22 aromatic rings. The topological polar surface area (TPSA) is 38.6 Å². The van der Waals surface area contributed by atoms with Gasteiger partial charge in [0, 0.05) is 141 Å². The maximum atomic E-state index is 13.7. The first kappa shape index (κ1) is 51.7. The van der Waals surface area contributed by atoms with Crippen LogP contribution in [0.4, 0.5) is 0 Å². The summed E-state index contributed by atoms with van der Waals surface area (Å²) in [6.07, 6.45) is 0. The molecule has 8 heterocycles. The zero-order valence-corrected chi connectivity index (χ0v) is 53.8. The van der Waals surface area contributed by atoms with Crippen LogP contribution in [-0.2, 0) is 0 Å². The monoisotopic (exact) mass is 1280 g/mol. The van der Waals surface area contributed by atoms with Gasteiger partial charge in [0.15, 0.2) is 0 Å². The van der Waals surface area contributed by atoms with Crippen molar-refractivity contribution in [2.24, 2.45) is 0 Å². The number of nitriles is 1. The summed E-state index contributed by atoms with van der Waals surface area (Å²) in [6, 6.07) is 103. The van der Waals surface area contributed by atoms with Crippen LogP contribution in [0.5, 0.6) is 0 Å². The Kier molecular flexibility index (Phi) is 10.5. The molecule has 0 aliphatic heterocycles. The number of rotatable bonds is 5. The predicted octanol–water partition coefficient (Wildman–Crippen LogP) is 26.0. The van der Waals surface area contributed by atoms with Crippen LogP contribution in [0.2, 0.25) is 0 Å². The minimum Gasteiger partial charge on any atom is -0.306 e. The van der Waals surface area contributed by atoms with Crippen molar-refractivity contribution in [2.75, 3.05) is 0 Å². The molecular weight excluding hydrogens is 1240 g/mol. The fraction of sp³-hybridized carbons (Fsp3) is 0. The first-order valence-corrected chi connectivity index (χ1v) is 35.7. The summed E-state index contributed by atoms with van der Waals surface area (Å²) >= 11 is 9.28. The quantitative estimate of drug-likeness (QED) is 0.169. The molecule has 434 valence electrons. The Balaban J connectivity index is 1.10. The number of para-hydroxylation sites is 3. The van der Waals surface area contributed by atoms with Gasteiger partial charge < -0.3 is 13.7 Å². The van der Waals surface area contributed by atoms with Crippen molar-refractivity contribution in [1.82, 2.24) is 13.7 Å². The molecule has 0 fully saturated rings. The molecule has 0 unspecified atom stereocenters. The molecule has 0 saturated heterocycles. The molecule has 0 N–H and O–H groups in total. The van der Waals surface area contributed by atoms with Crippen LogP contribution < -0.4 is 0 Å². The molecule has 94 heavy (non-hydrogen) atoms. The lowest BCUT2D eigenvalue weighted by Crippen LogP contribution is -2.13. The van der Waals surface area contributed by atoms with Gasteiger partial charge in [0.2, 0.25) is 0 Å². The number of thiophene rings is 5. The summed E-state index contributed by atoms with van der Waals surface area (Å²) in [7, 11) is 0. The first-order chi connectivity index (χ1) is 46.6. The van der Waals surface area contributed by atoms with Gasteiger partial charge in [-0.1, -0.05) is 218 Å². The third kappa shape index (κ3) is 6.72. The van der Waals surface area contributed by atoms with E-state index in [9.17, 15) is 5.26 Å². The summed E-state index contributed by atoms with van der Waals surface area (Å²) in [6.45, 7) is 0. The van der Waals surface area contributed by atoms with Crippen LogP contribution in [0.15, 0.2) is 267 Å². The van der Waals surface area contributed by atoms with Crippen molar-refractivity contribution in [3.8, 4) is 45.4 Å². The second kappa shape index (κ2) is 19.1. The van der Waals surface area contributed by atoms with E-state index in [-0.39, 0.29) is 0 Å². The third-order valence-electron chi connectivity index (χ3n) is 20.1. The highest BCUT2D eigenvalue weighted by molar-refractivity contribution is 7.28. The van der Waals surface area contributed by atoms with Gasteiger partial charge in [0.1, 0.15) is 11.6 Å². The summed E-state index contributed by atoms with van der Waals surface area (Å²) < 4.78 is 19.8. The molecule has 0 aliphatic rings. The minimum atomic E-state index is 0.583. The molecule has 0 atom stereocenters. The lowest BCUT2D eigenvalue weighted by Gasteiger charge is -2.29. The van der Waals surface area contributed by atoms with E-state index in [0.717, 1.165) is 99.3 Å². The standard InChI is InChI=1S/C85H44N4S5/c86-45-64-75(87-65-31-9-1-19-46(65)54-39-42-59-51-24-6-14-36-70(51)92-83(59)77(54)87)73(62-29-17-27-57-49-22-4-12-34-68(49)90-81(57)62)80(89-67-33-11-3-21-48(67)56-41-44-61-53-26-8-16-38-72(53)94-85(61)79(56)89)74(63-30-18-28-58-50-23-5-13-35-69(50)91-82(58)63)76(64)88-66-32-10-2-20-47(66)55-40-43-60-52-25-7-15-37-71(52)93-84(60)78(55)88/h1-44H. The lowest BCUT2D eigenvalue weighted by molar-refractivity contribution is 1.10. The molecule has 0 amide bonds. The van der Waals surface area contributed by atoms with Crippen molar-refractivity contribution >= 4 is 223 Å². The number of hydrogen-bond donors (Lipinski definition) is 0. The Labute approximate surface area is 555 Å². The Hall–Kier alpha value is -10.9. The average Bonchev–Trinajstić information content (AvgIpc) is 1.44. The van der Waals surface area contributed by atoms with Gasteiger partial charge in [-0.25, -0.2) is 0 Å². The van der Waals surface area contributed by atoms with Crippen molar-refractivity contribution in [3.63, 3.8) is 0 Å². The minimum absolute atomic E-state index is 0.583. The van der Waals surface area contributed by atoms with Gasteiger partial charge in [-0.3, -0.25) is 0 Å². The molecule has 0 aliphatic carbocycles. The van der Waals surface area contributed by atoms with Crippen LogP contribution in [0.3, 0.4) is 0 Å².